The molecule has 0 aliphatic carbocycles. The van der Waals surface area contributed by atoms with Crippen LogP contribution in [0.2, 0.25) is 0 Å². The Bertz CT molecular complexity index is 2400. The highest BCUT2D eigenvalue weighted by Crippen LogP contribution is 2.49. The van der Waals surface area contributed by atoms with Crippen LogP contribution in [-0.4, -0.2) is 11.3 Å². The fourth-order valence-corrected chi connectivity index (χ4v) is 10.1. The maximum atomic E-state index is 2.62. The molecule has 10 rings (SSSR count). The Balaban J connectivity index is 1.42. The van der Waals surface area contributed by atoms with E-state index in [2.05, 4.69) is 150 Å². The van der Waals surface area contributed by atoms with Crippen LogP contribution < -0.4 is 21.3 Å². The number of nitrogens with zero attached hydrogens (tertiary/aromatic N) is 2. The molecule has 206 valence electrons. The fourth-order valence-electron chi connectivity index (χ4n) is 7.55. The topological polar surface area (TPSA) is 8.17 Å². The lowest BCUT2D eigenvalue weighted by Gasteiger charge is -2.34. The first-order chi connectivity index (χ1) is 21.8. The predicted octanol–water partition coefficient (Wildman–Crippen LogP) is 9.07. The van der Waals surface area contributed by atoms with E-state index in [4.69, 9.17) is 0 Å². The van der Waals surface area contributed by atoms with E-state index in [1.165, 1.54) is 74.3 Å². The second kappa shape index (κ2) is 9.15. The van der Waals surface area contributed by atoms with Crippen molar-refractivity contribution in [2.45, 2.75) is 16.7 Å². The molecule has 44 heavy (non-hydrogen) atoms. The lowest BCUT2D eigenvalue weighted by atomic mass is 9.35. The molecule has 0 saturated heterocycles. The molecule has 0 N–H and O–H groups in total. The Morgan fingerprint density at radius 1 is 0.636 bits per heavy atom. The Morgan fingerprint density at radius 2 is 1.34 bits per heavy atom. The highest BCUT2D eigenvalue weighted by Gasteiger charge is 2.40. The van der Waals surface area contributed by atoms with Gasteiger partial charge in [-0.25, -0.2) is 0 Å². The van der Waals surface area contributed by atoms with E-state index in [0.29, 0.717) is 0 Å². The van der Waals surface area contributed by atoms with Crippen molar-refractivity contribution < 1.29 is 0 Å². The summed E-state index contributed by atoms with van der Waals surface area (Å²) < 4.78 is 5.30. The van der Waals surface area contributed by atoms with Crippen molar-refractivity contribution in [3.8, 4) is 5.69 Å². The lowest BCUT2D eigenvalue weighted by Crippen LogP contribution is -2.58. The molecule has 6 aromatic carbocycles. The Hall–Kier alpha value is -4.71. The Kier molecular flexibility index (Phi) is 5.14. The highest BCUT2D eigenvalue weighted by atomic mass is 32.2. The summed E-state index contributed by atoms with van der Waals surface area (Å²) in [7, 11) is 0. The van der Waals surface area contributed by atoms with Crippen molar-refractivity contribution >= 4 is 94.5 Å². The molecule has 0 amide bonds. The summed E-state index contributed by atoms with van der Waals surface area (Å²) in [5.41, 5.74) is 13.1. The highest BCUT2D eigenvalue weighted by molar-refractivity contribution is 8.00. The summed E-state index contributed by atoms with van der Waals surface area (Å²) in [5, 5.41) is 2.65. The molecule has 0 bridgehead atoms. The molecule has 0 spiro atoms. The number of para-hydroxylation sites is 2. The van der Waals surface area contributed by atoms with E-state index >= 15 is 0 Å². The van der Waals surface area contributed by atoms with Gasteiger partial charge in [0, 0.05) is 42.3 Å². The van der Waals surface area contributed by atoms with Gasteiger partial charge in [0.05, 0.1) is 21.4 Å². The minimum atomic E-state index is 0.194. The third-order valence-electron chi connectivity index (χ3n) is 9.26. The first-order valence-corrected chi connectivity index (χ1v) is 16.7. The van der Waals surface area contributed by atoms with E-state index in [1.807, 2.05) is 23.1 Å². The van der Waals surface area contributed by atoms with Gasteiger partial charge >= 0.3 is 0 Å². The third kappa shape index (κ3) is 3.28. The summed E-state index contributed by atoms with van der Waals surface area (Å²) in [6.45, 7) is 2.44. The average Bonchev–Trinajstić information content (AvgIpc) is 3.60. The summed E-state index contributed by atoms with van der Waals surface area (Å²) in [6.07, 6.45) is 0. The number of benzene rings is 6. The standard InChI is InChI=1S/C39H25BN2S2/c1-24-22-31-36-34(23-24)43-33-19-11-9-17-28(33)40(36)29-20-21-30(41(25-12-4-2-5-13-25)26-14-6-3-7-15-26)35-38(29)42(31)37-27-16-8-10-18-32(27)44-39(35)37/h2-23H,1H3. The zero-order chi connectivity index (χ0) is 28.9. The Labute approximate surface area is 264 Å². The van der Waals surface area contributed by atoms with Crippen molar-refractivity contribution in [2.75, 3.05) is 4.90 Å². The van der Waals surface area contributed by atoms with E-state index in [-0.39, 0.29) is 6.71 Å². The summed E-state index contributed by atoms with van der Waals surface area (Å²) in [5.74, 6) is 0. The van der Waals surface area contributed by atoms with Crippen molar-refractivity contribution in [1.29, 1.82) is 0 Å². The van der Waals surface area contributed by atoms with Gasteiger partial charge in [-0.3, -0.25) is 0 Å². The first-order valence-electron chi connectivity index (χ1n) is 15.1. The molecule has 0 radical (unpaired) electrons. The number of fused-ring (bicyclic) bond motifs is 9. The van der Waals surface area contributed by atoms with Gasteiger partial charge in [-0.1, -0.05) is 96.1 Å². The van der Waals surface area contributed by atoms with Crippen LogP contribution in [0.15, 0.2) is 143 Å². The molecule has 2 nitrogen and oxygen atoms in total. The van der Waals surface area contributed by atoms with E-state index in [9.17, 15) is 0 Å². The summed E-state index contributed by atoms with van der Waals surface area (Å²) in [6, 6.07) is 49.2. The molecule has 5 heteroatoms. The maximum absolute atomic E-state index is 2.62. The van der Waals surface area contributed by atoms with Gasteiger partial charge in [0.2, 0.25) is 6.71 Å². The van der Waals surface area contributed by atoms with Crippen molar-refractivity contribution in [3.05, 3.63) is 139 Å². The third-order valence-corrected chi connectivity index (χ3v) is 11.6. The number of aryl methyl sites for hydroxylation is 1. The SMILES string of the molecule is Cc1cc2c3c(c1)-n1c4c(ccc(N(c5ccccc5)c5ccccc5)c4c4sc5ccccc5c41)B3c1ccccc1S2. The van der Waals surface area contributed by atoms with Crippen LogP contribution in [0.1, 0.15) is 5.56 Å². The first kappa shape index (κ1) is 24.7. The van der Waals surface area contributed by atoms with Gasteiger partial charge in [-0.2, -0.15) is 0 Å². The molecule has 0 unspecified atom stereocenters. The normalized spacial score (nSPS) is 13.0. The van der Waals surface area contributed by atoms with Crippen molar-refractivity contribution in [1.82, 2.24) is 4.57 Å². The minimum absolute atomic E-state index is 0.194. The van der Waals surface area contributed by atoms with Gasteiger partial charge in [0.1, 0.15) is 0 Å². The summed E-state index contributed by atoms with van der Waals surface area (Å²) in [4.78, 5) is 5.18. The van der Waals surface area contributed by atoms with Crippen LogP contribution in [0.5, 0.6) is 0 Å². The number of hydrogen-bond acceptors (Lipinski definition) is 3. The second-order valence-electron chi connectivity index (χ2n) is 11.8. The molecular weight excluding hydrogens is 571 g/mol. The summed E-state index contributed by atoms with van der Waals surface area (Å²) >= 11 is 3.85. The quantitative estimate of drug-likeness (QED) is 0.188. The average molecular weight is 597 g/mol. The molecule has 2 aliphatic rings. The zero-order valence-electron chi connectivity index (χ0n) is 24.0. The molecule has 8 aromatic rings. The molecule has 2 aromatic heterocycles. The molecule has 2 aliphatic heterocycles. The van der Waals surface area contributed by atoms with Crippen LogP contribution >= 0.6 is 23.1 Å². The molecule has 0 atom stereocenters. The number of hydrogen-bond donors (Lipinski definition) is 0. The van der Waals surface area contributed by atoms with Crippen LogP contribution in [0, 0.1) is 6.92 Å². The minimum Gasteiger partial charge on any atom is -0.310 e. The number of rotatable bonds is 3. The van der Waals surface area contributed by atoms with Crippen LogP contribution in [0.3, 0.4) is 0 Å². The molecule has 0 saturated carbocycles. The predicted molar refractivity (Wildman–Crippen MR) is 191 cm³/mol. The number of thiophene rings is 1. The lowest BCUT2D eigenvalue weighted by molar-refractivity contribution is 1.16. The van der Waals surface area contributed by atoms with E-state index in [1.54, 1.807) is 0 Å². The zero-order valence-corrected chi connectivity index (χ0v) is 25.6. The molecule has 4 heterocycles. The van der Waals surface area contributed by atoms with Gasteiger partial charge < -0.3 is 9.47 Å². The van der Waals surface area contributed by atoms with Gasteiger partial charge in [0.25, 0.3) is 0 Å². The van der Waals surface area contributed by atoms with Crippen LogP contribution in [0.25, 0.3) is 36.9 Å². The number of anilines is 3. The van der Waals surface area contributed by atoms with Gasteiger partial charge in [-0.15, -0.1) is 11.3 Å². The second-order valence-corrected chi connectivity index (χ2v) is 13.9. The molecular formula is C39H25BN2S2. The van der Waals surface area contributed by atoms with Crippen molar-refractivity contribution in [3.63, 3.8) is 0 Å². The number of aromatic nitrogens is 1. The van der Waals surface area contributed by atoms with Gasteiger partial charge in [-0.05, 0) is 78.0 Å². The van der Waals surface area contributed by atoms with Crippen molar-refractivity contribution in [2.24, 2.45) is 0 Å². The van der Waals surface area contributed by atoms with Crippen LogP contribution in [-0.2, 0) is 0 Å². The van der Waals surface area contributed by atoms with E-state index in [0.717, 1.165) is 11.4 Å². The van der Waals surface area contributed by atoms with E-state index < -0.39 is 0 Å². The van der Waals surface area contributed by atoms with Crippen LogP contribution in [0.4, 0.5) is 17.1 Å². The molecule has 0 fully saturated rings. The van der Waals surface area contributed by atoms with Gasteiger partial charge in [0.15, 0.2) is 0 Å². The largest absolute Gasteiger partial charge is 0.310 e. The fraction of sp³-hybridized carbons (Fsp3) is 0.0256. The smallest absolute Gasteiger partial charge is 0.249 e. The Morgan fingerprint density at radius 3 is 2.14 bits per heavy atom. The maximum Gasteiger partial charge on any atom is 0.249 e. The monoisotopic (exact) mass is 596 g/mol.